The van der Waals surface area contributed by atoms with Gasteiger partial charge in [-0.05, 0) is 88.0 Å². The minimum Gasteiger partial charge on any atom is -0.299 e. The highest BCUT2D eigenvalue weighted by Crippen LogP contribution is 2.39. The molecule has 5 heterocycles. The monoisotopic (exact) mass is 843 g/mol. The van der Waals surface area contributed by atoms with E-state index in [4.69, 9.17) is 15.0 Å². The molecule has 0 unspecified atom stereocenters. The van der Waals surface area contributed by atoms with Crippen LogP contribution in [0.25, 0.3) is 112 Å². The molecule has 5 heteroatoms. The summed E-state index contributed by atoms with van der Waals surface area (Å²) < 4.78 is 4.35. The van der Waals surface area contributed by atoms with E-state index in [9.17, 15) is 0 Å². The molecule has 0 atom stereocenters. The molecule has 0 aliphatic rings. The molecular weight excluding hydrogens is 803 g/mol. The lowest BCUT2D eigenvalue weighted by Gasteiger charge is -2.14. The van der Waals surface area contributed by atoms with Crippen molar-refractivity contribution < 1.29 is 0 Å². The van der Waals surface area contributed by atoms with Crippen molar-refractivity contribution in [3.63, 3.8) is 0 Å². The molecular formula is C61H41N5. The summed E-state index contributed by atoms with van der Waals surface area (Å²) in [5.41, 5.74) is 20.8. The van der Waals surface area contributed by atoms with Crippen molar-refractivity contribution in [2.45, 2.75) is 0 Å². The predicted molar refractivity (Wildman–Crippen MR) is 271 cm³/mol. The number of imidazole rings is 2. The first-order valence-electron chi connectivity index (χ1n) is 22.3. The minimum atomic E-state index is 0.884. The fraction of sp³-hybridized carbons (Fsp3) is 0. The van der Waals surface area contributed by atoms with E-state index >= 15 is 0 Å². The number of fused-ring (bicyclic) bond motifs is 2. The van der Waals surface area contributed by atoms with Gasteiger partial charge in [0.1, 0.15) is 11.3 Å². The fourth-order valence-electron chi connectivity index (χ4n) is 9.12. The van der Waals surface area contributed by atoms with Gasteiger partial charge in [0, 0.05) is 45.8 Å². The highest BCUT2D eigenvalue weighted by molar-refractivity contribution is 5.87. The van der Waals surface area contributed by atoms with E-state index in [1.807, 2.05) is 12.1 Å². The molecule has 0 saturated carbocycles. The van der Waals surface area contributed by atoms with Gasteiger partial charge in [0.25, 0.3) is 0 Å². The van der Waals surface area contributed by atoms with Gasteiger partial charge >= 0.3 is 0 Å². The number of aromatic nitrogens is 5. The van der Waals surface area contributed by atoms with Crippen LogP contribution < -0.4 is 0 Å². The van der Waals surface area contributed by atoms with Crippen molar-refractivity contribution >= 4 is 11.3 Å². The lowest BCUT2D eigenvalue weighted by atomic mass is 9.92. The second-order valence-electron chi connectivity index (χ2n) is 16.5. The van der Waals surface area contributed by atoms with Crippen LogP contribution in [0.2, 0.25) is 0 Å². The highest BCUT2D eigenvalue weighted by Gasteiger charge is 2.19. The third kappa shape index (κ3) is 7.25. The Morgan fingerprint density at radius 1 is 0.227 bits per heavy atom. The quantitative estimate of drug-likeness (QED) is 0.145. The molecule has 310 valence electrons. The maximum absolute atomic E-state index is 5.43. The predicted octanol–water partition coefficient (Wildman–Crippen LogP) is 15.4. The molecule has 0 radical (unpaired) electrons. The third-order valence-electron chi connectivity index (χ3n) is 12.4. The van der Waals surface area contributed by atoms with Crippen LogP contribution in [-0.2, 0) is 0 Å². The molecule has 12 aromatic rings. The van der Waals surface area contributed by atoms with Crippen molar-refractivity contribution in [2.24, 2.45) is 0 Å². The van der Waals surface area contributed by atoms with E-state index in [1.165, 1.54) is 11.1 Å². The van der Waals surface area contributed by atoms with Crippen LogP contribution in [0.3, 0.4) is 0 Å². The molecule has 12 rings (SSSR count). The number of hydrogen-bond acceptors (Lipinski definition) is 3. The number of rotatable bonds is 9. The van der Waals surface area contributed by atoms with E-state index in [-0.39, 0.29) is 0 Å². The molecule has 0 fully saturated rings. The molecule has 0 bridgehead atoms. The average molecular weight is 844 g/mol. The molecule has 0 amide bonds. The molecule has 0 spiro atoms. The Morgan fingerprint density at radius 3 is 0.939 bits per heavy atom. The van der Waals surface area contributed by atoms with Crippen molar-refractivity contribution in [3.8, 4) is 101 Å². The third-order valence-corrected chi connectivity index (χ3v) is 12.4. The second-order valence-corrected chi connectivity index (χ2v) is 16.5. The summed E-state index contributed by atoms with van der Waals surface area (Å²) in [4.78, 5) is 15.7. The van der Waals surface area contributed by atoms with Crippen LogP contribution in [0.15, 0.2) is 249 Å². The number of hydrogen-bond donors (Lipinski definition) is 0. The van der Waals surface area contributed by atoms with E-state index in [0.717, 1.165) is 101 Å². The van der Waals surface area contributed by atoms with Crippen LogP contribution in [0.1, 0.15) is 0 Å². The van der Waals surface area contributed by atoms with Gasteiger partial charge in [0.2, 0.25) is 0 Å². The van der Waals surface area contributed by atoms with E-state index < -0.39 is 0 Å². The van der Waals surface area contributed by atoms with Gasteiger partial charge in [-0.1, -0.05) is 182 Å². The normalized spacial score (nSPS) is 11.3. The maximum atomic E-state index is 5.43. The minimum absolute atomic E-state index is 0.884. The standard InChI is InChI=1S/C61H41N5/c1-5-17-42(18-6-1)50-37-51(43-19-7-2-8-20-43)39-52(38-50)53-40-54(44-27-31-46(32-28-44)58-60(48-21-9-3-10-22-48)65-35-15-13-25-56(65)63-58)62-55(41-53)45-29-33-47(34-30-45)59-61(49-23-11-4-12-24-49)66-36-16-14-26-57(66)64-59/h1-41H. The molecule has 5 aromatic heterocycles. The van der Waals surface area contributed by atoms with Crippen molar-refractivity contribution in [1.29, 1.82) is 0 Å². The van der Waals surface area contributed by atoms with Crippen LogP contribution in [-0.4, -0.2) is 23.8 Å². The summed E-state index contributed by atoms with van der Waals surface area (Å²) >= 11 is 0. The lowest BCUT2D eigenvalue weighted by molar-refractivity contribution is 1.19. The summed E-state index contributed by atoms with van der Waals surface area (Å²) in [7, 11) is 0. The van der Waals surface area contributed by atoms with Crippen LogP contribution in [0.5, 0.6) is 0 Å². The largest absolute Gasteiger partial charge is 0.299 e. The van der Waals surface area contributed by atoms with Crippen molar-refractivity contribution in [3.05, 3.63) is 249 Å². The van der Waals surface area contributed by atoms with Crippen LogP contribution in [0.4, 0.5) is 0 Å². The summed E-state index contributed by atoms with van der Waals surface area (Å²) in [5.74, 6) is 0. The summed E-state index contributed by atoms with van der Waals surface area (Å²) in [6.07, 6.45) is 4.17. The zero-order valence-corrected chi connectivity index (χ0v) is 35.9. The molecule has 0 saturated heterocycles. The van der Waals surface area contributed by atoms with Crippen LogP contribution in [0, 0.1) is 0 Å². The van der Waals surface area contributed by atoms with E-state index in [0.29, 0.717) is 0 Å². The Balaban J connectivity index is 1.000. The van der Waals surface area contributed by atoms with Crippen LogP contribution >= 0.6 is 0 Å². The maximum Gasteiger partial charge on any atom is 0.137 e. The summed E-state index contributed by atoms with van der Waals surface area (Å²) in [5, 5.41) is 0. The summed E-state index contributed by atoms with van der Waals surface area (Å²) in [6.45, 7) is 0. The lowest BCUT2D eigenvalue weighted by Crippen LogP contribution is -1.93. The van der Waals surface area contributed by atoms with Gasteiger partial charge in [-0.15, -0.1) is 0 Å². The Morgan fingerprint density at radius 2 is 0.545 bits per heavy atom. The average Bonchev–Trinajstić information content (AvgIpc) is 3.99. The Hall–Kier alpha value is -8.93. The molecule has 5 nitrogen and oxygen atoms in total. The van der Waals surface area contributed by atoms with E-state index in [1.54, 1.807) is 0 Å². The molecule has 0 aliphatic carbocycles. The van der Waals surface area contributed by atoms with Crippen molar-refractivity contribution in [2.75, 3.05) is 0 Å². The Bertz CT molecular complexity index is 3410. The SMILES string of the molecule is c1ccc(-c2cc(-c3ccccc3)cc(-c3cc(-c4ccc(-c5nc6ccccn6c5-c5ccccc5)cc4)nc(-c4ccc(-c5nc6ccccn6c5-c5ccccc5)cc4)c3)c2)cc1. The Labute approximate surface area is 383 Å². The summed E-state index contributed by atoms with van der Waals surface area (Å²) in [6, 6.07) is 83.3. The fourth-order valence-corrected chi connectivity index (χ4v) is 9.12. The van der Waals surface area contributed by atoms with Gasteiger partial charge in [-0.25, -0.2) is 15.0 Å². The zero-order chi connectivity index (χ0) is 43.8. The highest BCUT2D eigenvalue weighted by atomic mass is 15.0. The van der Waals surface area contributed by atoms with Crippen molar-refractivity contribution in [1.82, 2.24) is 23.8 Å². The Kier molecular flexibility index (Phi) is 9.77. The number of pyridine rings is 3. The molecule has 0 N–H and O–H groups in total. The molecule has 7 aromatic carbocycles. The first-order valence-corrected chi connectivity index (χ1v) is 22.3. The second kappa shape index (κ2) is 16.6. The van der Waals surface area contributed by atoms with Gasteiger partial charge in [0.15, 0.2) is 0 Å². The molecule has 0 aliphatic heterocycles. The van der Waals surface area contributed by atoms with Gasteiger partial charge in [-0.2, -0.15) is 0 Å². The molecule has 66 heavy (non-hydrogen) atoms. The zero-order valence-electron chi connectivity index (χ0n) is 35.9. The topological polar surface area (TPSA) is 47.5 Å². The van der Waals surface area contributed by atoms with Gasteiger partial charge < -0.3 is 0 Å². The van der Waals surface area contributed by atoms with Gasteiger partial charge in [-0.3, -0.25) is 8.80 Å². The first-order chi connectivity index (χ1) is 32.7. The number of nitrogens with zero attached hydrogens (tertiary/aromatic N) is 5. The van der Waals surface area contributed by atoms with Gasteiger partial charge in [0.05, 0.1) is 34.2 Å². The van der Waals surface area contributed by atoms with E-state index in [2.05, 4.69) is 246 Å². The first kappa shape index (κ1) is 38.7. The smallest absolute Gasteiger partial charge is 0.137 e. The number of benzene rings is 7.